The SMILES string of the molecule is COc1cc(/C=C(/CC[C@H]2OB(O)C[C@H]3C2=C(COc2ccccc2)CS3(=O)=O)c2ccccn2)cc(I)c1O. The number of sulfone groups is 1. The number of rotatable bonds is 9. The van der Waals surface area contributed by atoms with Crippen molar-refractivity contribution in [3.05, 3.63) is 92.8 Å². The number of halogens is 1. The Hall–Kier alpha value is -2.87. The number of phenolic OH excluding ortho intramolecular Hbond substituents is 1. The molecule has 2 atom stereocenters. The molecule has 1 fully saturated rings. The molecule has 1 saturated heterocycles. The van der Waals surface area contributed by atoms with E-state index >= 15 is 0 Å². The number of methoxy groups -OCH3 is 1. The van der Waals surface area contributed by atoms with Gasteiger partial charge in [-0.2, -0.15) is 0 Å². The molecule has 40 heavy (non-hydrogen) atoms. The van der Waals surface area contributed by atoms with E-state index < -0.39 is 28.3 Å². The normalized spacial score (nSPS) is 20.4. The quantitative estimate of drug-likeness (QED) is 0.190. The van der Waals surface area contributed by atoms with Crippen LogP contribution in [0.2, 0.25) is 6.32 Å². The van der Waals surface area contributed by atoms with Gasteiger partial charge in [-0.25, -0.2) is 8.42 Å². The highest BCUT2D eigenvalue weighted by molar-refractivity contribution is 14.1. The van der Waals surface area contributed by atoms with Gasteiger partial charge in [0.2, 0.25) is 0 Å². The molecule has 3 heterocycles. The lowest BCUT2D eigenvalue weighted by Gasteiger charge is -2.32. The summed E-state index contributed by atoms with van der Waals surface area (Å²) in [6.45, 7) is 0.139. The van der Waals surface area contributed by atoms with Gasteiger partial charge in [-0.3, -0.25) is 4.98 Å². The third-order valence-electron chi connectivity index (χ3n) is 7.09. The molecule has 0 amide bonds. The Balaban J connectivity index is 1.45. The first-order chi connectivity index (χ1) is 19.2. The molecule has 0 unspecified atom stereocenters. The number of fused-ring (bicyclic) bond motifs is 1. The number of hydrogen-bond donors (Lipinski definition) is 2. The summed E-state index contributed by atoms with van der Waals surface area (Å²) in [6.07, 6.45) is 4.04. The third kappa shape index (κ3) is 6.38. The Bertz CT molecular complexity index is 1530. The van der Waals surface area contributed by atoms with Gasteiger partial charge in [0.25, 0.3) is 0 Å². The molecule has 11 heteroatoms. The van der Waals surface area contributed by atoms with Crippen molar-refractivity contribution in [2.45, 2.75) is 30.5 Å². The summed E-state index contributed by atoms with van der Waals surface area (Å²) in [7, 11) is -3.15. The minimum absolute atomic E-state index is 0.0116. The first kappa shape index (κ1) is 28.7. The molecule has 8 nitrogen and oxygen atoms in total. The molecule has 2 aliphatic heterocycles. The maximum absolute atomic E-state index is 13.1. The predicted molar refractivity (Wildman–Crippen MR) is 163 cm³/mol. The molecular weight excluding hydrogens is 644 g/mol. The Kier molecular flexibility index (Phi) is 8.84. The van der Waals surface area contributed by atoms with Gasteiger partial charge in [-0.05, 0) is 100 Å². The fourth-order valence-corrected chi connectivity index (χ4v) is 7.97. The molecule has 0 bridgehead atoms. The Morgan fingerprint density at radius 3 is 2.70 bits per heavy atom. The number of phenols is 1. The first-order valence-electron chi connectivity index (χ1n) is 12.9. The number of nitrogens with zero attached hydrogens (tertiary/aromatic N) is 1. The van der Waals surface area contributed by atoms with Crippen LogP contribution in [0.1, 0.15) is 24.1 Å². The number of aromatic hydroxyl groups is 1. The molecule has 2 aromatic carbocycles. The van der Waals surface area contributed by atoms with Crippen LogP contribution in [0.25, 0.3) is 11.6 Å². The van der Waals surface area contributed by atoms with Crippen molar-refractivity contribution in [3.63, 3.8) is 0 Å². The summed E-state index contributed by atoms with van der Waals surface area (Å²) in [4.78, 5) is 4.54. The van der Waals surface area contributed by atoms with Gasteiger partial charge in [-0.15, -0.1) is 0 Å². The van der Waals surface area contributed by atoms with E-state index in [-0.39, 0.29) is 24.4 Å². The summed E-state index contributed by atoms with van der Waals surface area (Å²) in [5.74, 6) is 0.990. The Morgan fingerprint density at radius 1 is 1.20 bits per heavy atom. The highest BCUT2D eigenvalue weighted by atomic mass is 127. The fourth-order valence-electron chi connectivity index (χ4n) is 5.24. The van der Waals surface area contributed by atoms with Crippen LogP contribution in [0, 0.1) is 3.57 Å². The van der Waals surface area contributed by atoms with Crippen LogP contribution in [0.15, 0.2) is 78.0 Å². The molecule has 0 spiro atoms. The monoisotopic (exact) mass is 673 g/mol. The van der Waals surface area contributed by atoms with Crippen molar-refractivity contribution in [2.24, 2.45) is 0 Å². The van der Waals surface area contributed by atoms with E-state index in [2.05, 4.69) is 27.6 Å². The van der Waals surface area contributed by atoms with Gasteiger partial charge in [-0.1, -0.05) is 24.3 Å². The summed E-state index contributed by atoms with van der Waals surface area (Å²) >= 11 is 2.06. The van der Waals surface area contributed by atoms with Crippen molar-refractivity contribution in [1.82, 2.24) is 4.98 Å². The van der Waals surface area contributed by atoms with Crippen molar-refractivity contribution in [3.8, 4) is 17.2 Å². The van der Waals surface area contributed by atoms with Gasteiger partial charge >= 0.3 is 7.12 Å². The van der Waals surface area contributed by atoms with Crippen molar-refractivity contribution >= 4 is 51.2 Å². The lowest BCUT2D eigenvalue weighted by molar-refractivity contribution is 0.170. The highest BCUT2D eigenvalue weighted by Gasteiger charge is 2.48. The molecular formula is C29H29BINO7S. The topological polar surface area (TPSA) is 115 Å². The van der Waals surface area contributed by atoms with Crippen LogP contribution in [0.5, 0.6) is 17.2 Å². The van der Waals surface area contributed by atoms with E-state index in [1.165, 1.54) is 7.11 Å². The molecule has 2 N–H and O–H groups in total. The summed E-state index contributed by atoms with van der Waals surface area (Å²) in [5, 5.41) is 20.0. The minimum atomic E-state index is -3.48. The number of ether oxygens (including phenoxy) is 2. The number of allylic oxidation sites excluding steroid dienone is 1. The predicted octanol–water partition coefficient (Wildman–Crippen LogP) is 4.77. The van der Waals surface area contributed by atoms with Crippen LogP contribution in [0.3, 0.4) is 0 Å². The van der Waals surface area contributed by atoms with Gasteiger partial charge < -0.3 is 24.3 Å². The summed E-state index contributed by atoms with van der Waals surface area (Å²) in [5.41, 5.74) is 3.86. The van der Waals surface area contributed by atoms with Crippen LogP contribution in [-0.2, 0) is 14.5 Å². The van der Waals surface area contributed by atoms with Crippen LogP contribution >= 0.6 is 22.6 Å². The van der Waals surface area contributed by atoms with Gasteiger partial charge in [0, 0.05) is 12.5 Å². The van der Waals surface area contributed by atoms with Crippen LogP contribution in [-0.4, -0.2) is 61.5 Å². The van der Waals surface area contributed by atoms with E-state index in [0.29, 0.717) is 39.1 Å². The number of benzene rings is 2. The molecule has 2 aliphatic rings. The van der Waals surface area contributed by atoms with E-state index in [4.69, 9.17) is 14.1 Å². The molecule has 208 valence electrons. The third-order valence-corrected chi connectivity index (χ3v) is 9.97. The fraction of sp³-hybridized carbons (Fsp3) is 0.276. The smallest absolute Gasteiger partial charge is 0.456 e. The number of para-hydroxylation sites is 1. The van der Waals surface area contributed by atoms with E-state index in [1.807, 2.05) is 60.7 Å². The number of hydrogen-bond acceptors (Lipinski definition) is 8. The van der Waals surface area contributed by atoms with Crippen molar-refractivity contribution < 1.29 is 32.7 Å². The zero-order chi connectivity index (χ0) is 28.3. The maximum Gasteiger partial charge on any atom is 0.456 e. The number of pyridine rings is 1. The molecule has 0 radical (unpaired) electrons. The van der Waals surface area contributed by atoms with Gasteiger partial charge in [0.15, 0.2) is 21.3 Å². The standard InChI is InChI=1S/C29H29BINO7S/c1-37-26-15-19(14-23(31)29(26)33)13-20(24-9-5-6-12-32-24)10-11-25-28-21(17-38-22-7-3-2-4-8-22)18-40(35,36)27(28)16-30(34)39-25/h2-9,12-15,25,27,33-34H,10-11,16-18H2,1H3/b20-13-/t25-,27+/m1/s1. The zero-order valence-electron chi connectivity index (χ0n) is 21.9. The van der Waals surface area contributed by atoms with E-state index in [9.17, 15) is 18.5 Å². The average molecular weight is 673 g/mol. The lowest BCUT2D eigenvalue weighted by atomic mass is 9.74. The molecule has 0 saturated carbocycles. The van der Waals surface area contributed by atoms with Crippen molar-refractivity contribution in [1.29, 1.82) is 0 Å². The second-order valence-electron chi connectivity index (χ2n) is 9.75. The Labute approximate surface area is 247 Å². The summed E-state index contributed by atoms with van der Waals surface area (Å²) < 4.78 is 44.1. The van der Waals surface area contributed by atoms with Crippen molar-refractivity contribution in [2.75, 3.05) is 19.5 Å². The molecule has 0 aliphatic carbocycles. The largest absolute Gasteiger partial charge is 0.504 e. The van der Waals surface area contributed by atoms with Crippen LogP contribution < -0.4 is 9.47 Å². The van der Waals surface area contributed by atoms with E-state index in [1.54, 1.807) is 12.3 Å². The zero-order valence-corrected chi connectivity index (χ0v) is 24.8. The Morgan fingerprint density at radius 2 is 1.98 bits per heavy atom. The lowest BCUT2D eigenvalue weighted by Crippen LogP contribution is -2.42. The average Bonchev–Trinajstić information content (AvgIpc) is 3.21. The highest BCUT2D eigenvalue weighted by Crippen LogP contribution is 2.41. The number of aromatic nitrogens is 1. The maximum atomic E-state index is 13.1. The molecule has 3 aromatic rings. The van der Waals surface area contributed by atoms with Gasteiger partial charge in [0.05, 0.1) is 33.5 Å². The summed E-state index contributed by atoms with van der Waals surface area (Å²) in [6, 6.07) is 18.5. The van der Waals surface area contributed by atoms with E-state index in [0.717, 1.165) is 16.8 Å². The minimum Gasteiger partial charge on any atom is -0.504 e. The molecule has 1 aromatic heterocycles. The van der Waals surface area contributed by atoms with Gasteiger partial charge in [0.1, 0.15) is 12.4 Å². The first-order valence-corrected chi connectivity index (χ1v) is 15.7. The second kappa shape index (κ2) is 12.3. The van der Waals surface area contributed by atoms with Crippen LogP contribution in [0.4, 0.5) is 0 Å². The molecule has 5 rings (SSSR count). The second-order valence-corrected chi connectivity index (χ2v) is 13.1.